The maximum Gasteiger partial charge on any atom is 0.306 e. The minimum Gasteiger partial charge on any atom is -0.502 e. The van der Waals surface area contributed by atoms with Crippen LogP contribution in [-0.2, 0) is 20.9 Å². The molecular formula is C24H25N3O6. The largest absolute Gasteiger partial charge is 0.502 e. The monoisotopic (exact) mass is 451 g/mol. The van der Waals surface area contributed by atoms with Gasteiger partial charge >= 0.3 is 5.97 Å². The van der Waals surface area contributed by atoms with Gasteiger partial charge in [0.15, 0.2) is 5.76 Å². The molecule has 2 aromatic heterocycles. The highest BCUT2D eigenvalue weighted by atomic mass is 16.5. The molecule has 172 valence electrons. The van der Waals surface area contributed by atoms with E-state index in [0.717, 1.165) is 17.3 Å². The molecule has 1 saturated heterocycles. The van der Waals surface area contributed by atoms with Gasteiger partial charge in [-0.25, -0.2) is 0 Å². The van der Waals surface area contributed by atoms with Crippen molar-refractivity contribution in [2.24, 2.45) is 0 Å². The van der Waals surface area contributed by atoms with Gasteiger partial charge in [0.1, 0.15) is 5.76 Å². The van der Waals surface area contributed by atoms with Gasteiger partial charge in [0.2, 0.25) is 17.6 Å². The summed E-state index contributed by atoms with van der Waals surface area (Å²) in [5, 5.41) is 11.5. The molecule has 3 aromatic rings. The minimum absolute atomic E-state index is 0.0256. The van der Waals surface area contributed by atoms with Gasteiger partial charge in [0.25, 0.3) is 0 Å². The van der Waals surface area contributed by atoms with Crippen LogP contribution in [0.3, 0.4) is 0 Å². The average Bonchev–Trinajstić information content (AvgIpc) is 2.84. The predicted molar refractivity (Wildman–Crippen MR) is 120 cm³/mol. The SMILES string of the molecule is COC(=O)CC(c1ccc2ncccc2c1)c1oc(CN2CCN(C=O)CC2)cc(=O)c1O. The zero-order chi connectivity index (χ0) is 23.4. The first-order valence-electron chi connectivity index (χ1n) is 10.7. The number of hydrogen-bond acceptors (Lipinski definition) is 8. The average molecular weight is 451 g/mol. The summed E-state index contributed by atoms with van der Waals surface area (Å²) in [5.74, 6) is -1.34. The van der Waals surface area contributed by atoms with Crippen molar-refractivity contribution in [3.05, 3.63) is 69.9 Å². The first kappa shape index (κ1) is 22.5. The third-order valence-corrected chi connectivity index (χ3v) is 5.88. The lowest BCUT2D eigenvalue weighted by atomic mass is 9.91. The number of aromatic nitrogens is 1. The molecule has 0 bridgehead atoms. The van der Waals surface area contributed by atoms with E-state index < -0.39 is 23.1 Å². The number of rotatable bonds is 7. The Labute approximate surface area is 190 Å². The summed E-state index contributed by atoms with van der Waals surface area (Å²) in [5.41, 5.74) is 0.901. The van der Waals surface area contributed by atoms with Gasteiger partial charge in [0.05, 0.1) is 31.5 Å². The van der Waals surface area contributed by atoms with Crippen LogP contribution in [0.1, 0.15) is 29.4 Å². The van der Waals surface area contributed by atoms with Crippen LogP contribution < -0.4 is 5.43 Å². The van der Waals surface area contributed by atoms with E-state index in [1.807, 2.05) is 24.3 Å². The van der Waals surface area contributed by atoms with Crippen LogP contribution >= 0.6 is 0 Å². The molecule has 1 aromatic carbocycles. The lowest BCUT2D eigenvalue weighted by Gasteiger charge is -2.32. The minimum atomic E-state index is -0.721. The van der Waals surface area contributed by atoms with E-state index in [-0.39, 0.29) is 12.2 Å². The molecule has 1 aliphatic rings. The number of amides is 1. The van der Waals surface area contributed by atoms with Crippen molar-refractivity contribution in [2.75, 3.05) is 33.3 Å². The van der Waals surface area contributed by atoms with Crippen molar-refractivity contribution >= 4 is 23.3 Å². The Morgan fingerprint density at radius 2 is 2.03 bits per heavy atom. The molecule has 1 N–H and O–H groups in total. The third kappa shape index (κ3) is 5.04. The second-order valence-electron chi connectivity index (χ2n) is 8.00. The second kappa shape index (κ2) is 9.83. The van der Waals surface area contributed by atoms with Crippen molar-refractivity contribution in [2.45, 2.75) is 18.9 Å². The fraction of sp³-hybridized carbons (Fsp3) is 0.333. The number of ether oxygens (including phenoxy) is 1. The number of benzene rings is 1. The highest BCUT2D eigenvalue weighted by molar-refractivity contribution is 5.80. The van der Waals surface area contributed by atoms with Gasteiger partial charge in [-0.2, -0.15) is 0 Å². The summed E-state index contributed by atoms with van der Waals surface area (Å²) >= 11 is 0. The molecule has 0 aliphatic carbocycles. The number of piperazine rings is 1. The van der Waals surface area contributed by atoms with E-state index in [1.54, 1.807) is 17.2 Å². The summed E-state index contributed by atoms with van der Waals surface area (Å²) in [7, 11) is 1.29. The lowest BCUT2D eigenvalue weighted by Crippen LogP contribution is -2.45. The number of aromatic hydroxyl groups is 1. The molecule has 0 spiro atoms. The number of hydrogen-bond donors (Lipinski definition) is 1. The third-order valence-electron chi connectivity index (χ3n) is 5.88. The van der Waals surface area contributed by atoms with Crippen LogP contribution in [0.5, 0.6) is 5.75 Å². The second-order valence-corrected chi connectivity index (χ2v) is 8.00. The van der Waals surface area contributed by atoms with Crippen LogP contribution in [0.4, 0.5) is 0 Å². The van der Waals surface area contributed by atoms with E-state index in [2.05, 4.69) is 9.88 Å². The summed E-state index contributed by atoms with van der Waals surface area (Å²) in [6, 6.07) is 10.5. The fourth-order valence-electron chi connectivity index (χ4n) is 4.04. The Kier molecular flexibility index (Phi) is 6.69. The van der Waals surface area contributed by atoms with Gasteiger partial charge in [-0.1, -0.05) is 12.1 Å². The lowest BCUT2D eigenvalue weighted by molar-refractivity contribution is -0.141. The van der Waals surface area contributed by atoms with Crippen LogP contribution in [0.2, 0.25) is 0 Å². The molecule has 1 aliphatic heterocycles. The standard InChI is InChI=1S/C24H25N3O6/c1-32-22(30)13-19(16-4-5-20-17(11-16)3-2-6-25-20)24-23(31)21(29)12-18(33-24)14-26-7-9-27(15-28)10-8-26/h2-6,11-12,15,19,31H,7-10,13-14H2,1H3. The number of carbonyl (C=O) groups is 2. The Morgan fingerprint density at radius 1 is 1.24 bits per heavy atom. The Balaban J connectivity index is 1.70. The number of nitrogens with zero attached hydrogens (tertiary/aromatic N) is 3. The number of fused-ring (bicyclic) bond motifs is 1. The Hall–Kier alpha value is -3.72. The van der Waals surface area contributed by atoms with Crippen LogP contribution in [0, 0.1) is 0 Å². The molecule has 3 heterocycles. The Morgan fingerprint density at radius 3 is 2.76 bits per heavy atom. The summed E-state index contributed by atoms with van der Waals surface area (Å²) in [4.78, 5) is 43.8. The maximum atomic E-state index is 12.6. The first-order chi connectivity index (χ1) is 16.0. The van der Waals surface area contributed by atoms with Crippen LogP contribution in [-0.4, -0.2) is 65.6 Å². The molecule has 1 fully saturated rings. The van der Waals surface area contributed by atoms with Gasteiger partial charge < -0.3 is 19.2 Å². The number of esters is 1. The normalized spacial score (nSPS) is 15.4. The van der Waals surface area contributed by atoms with E-state index in [4.69, 9.17) is 9.15 Å². The predicted octanol–water partition coefficient (Wildman–Crippen LogP) is 1.86. The highest BCUT2D eigenvalue weighted by Gasteiger charge is 2.27. The van der Waals surface area contributed by atoms with Gasteiger partial charge in [-0.15, -0.1) is 0 Å². The summed E-state index contributed by atoms with van der Waals surface area (Å²) in [6.07, 6.45) is 2.41. The number of carbonyl (C=O) groups excluding carboxylic acids is 2. The first-order valence-corrected chi connectivity index (χ1v) is 10.7. The molecule has 4 rings (SSSR count). The summed E-state index contributed by atoms with van der Waals surface area (Å²) in [6.45, 7) is 2.81. The molecule has 1 amide bonds. The molecule has 1 atom stereocenters. The van der Waals surface area contributed by atoms with Crippen molar-refractivity contribution in [3.8, 4) is 5.75 Å². The number of methoxy groups -OCH3 is 1. The molecule has 0 radical (unpaired) electrons. The van der Waals surface area contributed by atoms with E-state index in [9.17, 15) is 19.5 Å². The molecular weight excluding hydrogens is 426 g/mol. The van der Waals surface area contributed by atoms with Gasteiger partial charge in [0, 0.05) is 43.8 Å². The number of pyridine rings is 1. The Bertz CT molecular complexity index is 1220. The van der Waals surface area contributed by atoms with Crippen LogP contribution in [0.25, 0.3) is 10.9 Å². The van der Waals surface area contributed by atoms with Gasteiger partial charge in [-0.3, -0.25) is 24.3 Å². The quantitative estimate of drug-likeness (QED) is 0.428. The topological polar surface area (TPSA) is 113 Å². The van der Waals surface area contributed by atoms with E-state index in [0.29, 0.717) is 44.0 Å². The van der Waals surface area contributed by atoms with Crippen molar-refractivity contribution < 1.29 is 23.8 Å². The van der Waals surface area contributed by atoms with Crippen LogP contribution in [0.15, 0.2) is 51.8 Å². The molecule has 1 unspecified atom stereocenters. The molecule has 33 heavy (non-hydrogen) atoms. The van der Waals surface area contributed by atoms with E-state index >= 15 is 0 Å². The zero-order valence-corrected chi connectivity index (χ0v) is 18.3. The smallest absolute Gasteiger partial charge is 0.306 e. The summed E-state index contributed by atoms with van der Waals surface area (Å²) < 4.78 is 10.9. The van der Waals surface area contributed by atoms with E-state index in [1.165, 1.54) is 13.2 Å². The van der Waals surface area contributed by atoms with Crippen molar-refractivity contribution in [1.82, 2.24) is 14.8 Å². The van der Waals surface area contributed by atoms with Crippen molar-refractivity contribution in [3.63, 3.8) is 0 Å². The molecule has 9 nitrogen and oxygen atoms in total. The highest BCUT2D eigenvalue weighted by Crippen LogP contribution is 2.34. The zero-order valence-electron chi connectivity index (χ0n) is 18.3. The van der Waals surface area contributed by atoms with Crippen molar-refractivity contribution in [1.29, 1.82) is 0 Å². The molecule has 9 heteroatoms. The fourth-order valence-corrected chi connectivity index (χ4v) is 4.04. The maximum absolute atomic E-state index is 12.6. The van der Waals surface area contributed by atoms with Gasteiger partial charge in [-0.05, 0) is 23.8 Å². The molecule has 0 saturated carbocycles.